The highest BCUT2D eigenvalue weighted by Crippen LogP contribution is 2.37. The number of phenols is 1. The van der Waals surface area contributed by atoms with E-state index in [9.17, 15) is 9.90 Å². The maximum atomic E-state index is 12.2. The van der Waals surface area contributed by atoms with Crippen molar-refractivity contribution in [3.8, 4) is 5.75 Å². The van der Waals surface area contributed by atoms with E-state index in [1.54, 1.807) is 30.3 Å². The van der Waals surface area contributed by atoms with Crippen LogP contribution in [0.4, 0.5) is 16.2 Å². The zero-order valence-electron chi connectivity index (χ0n) is 10.6. The molecule has 0 aliphatic carbocycles. The van der Waals surface area contributed by atoms with E-state index in [1.165, 1.54) is 0 Å². The van der Waals surface area contributed by atoms with Crippen molar-refractivity contribution in [2.24, 2.45) is 0 Å². The van der Waals surface area contributed by atoms with Gasteiger partial charge in [-0.05, 0) is 62.2 Å². The van der Waals surface area contributed by atoms with E-state index in [0.717, 1.165) is 4.31 Å². The number of hydrogen-bond acceptors (Lipinski definition) is 3. The lowest BCUT2D eigenvalue weighted by Gasteiger charge is -2.18. The molecular weight excluding hydrogens is 479 g/mol. The van der Waals surface area contributed by atoms with Gasteiger partial charge in [0.25, 0.3) is 0 Å². The van der Waals surface area contributed by atoms with Crippen LogP contribution in [0.1, 0.15) is 0 Å². The number of nitrogens with zero attached hydrogens (tertiary/aromatic N) is 1. The fourth-order valence-electron chi connectivity index (χ4n) is 1.59. The second-order valence-electron chi connectivity index (χ2n) is 4.16. The van der Waals surface area contributed by atoms with Crippen LogP contribution in [0.25, 0.3) is 0 Å². The number of phenolic OH excluding ortho intramolecular Hbond substituents is 1. The molecule has 2 N–H and O–H groups in total. The first kappa shape index (κ1) is 17.7. The lowest BCUT2D eigenvalue weighted by atomic mass is 10.3. The summed E-state index contributed by atoms with van der Waals surface area (Å²) in [6.45, 7) is 0. The molecule has 0 aromatic heterocycles. The van der Waals surface area contributed by atoms with Crippen molar-refractivity contribution in [1.29, 1.82) is 0 Å². The van der Waals surface area contributed by atoms with Gasteiger partial charge >= 0.3 is 6.03 Å². The first-order chi connectivity index (χ1) is 10.3. The molecule has 116 valence electrons. The number of carbonyl (C=O) groups is 1. The molecule has 0 heterocycles. The molecule has 0 saturated heterocycles. The number of thiol groups is 1. The number of urea groups is 1. The van der Waals surface area contributed by atoms with Crippen molar-refractivity contribution in [2.75, 3.05) is 9.62 Å². The molecule has 0 saturated carbocycles. The van der Waals surface area contributed by atoms with Crippen LogP contribution in [0, 0.1) is 0 Å². The minimum Gasteiger partial charge on any atom is -0.506 e. The van der Waals surface area contributed by atoms with Gasteiger partial charge in [0.05, 0.1) is 14.6 Å². The van der Waals surface area contributed by atoms with E-state index in [4.69, 9.17) is 23.2 Å². The number of nitrogens with one attached hydrogen (secondary N) is 1. The van der Waals surface area contributed by atoms with Crippen molar-refractivity contribution in [3.63, 3.8) is 0 Å². The third-order valence-corrected chi connectivity index (χ3v) is 4.61. The molecule has 2 rings (SSSR count). The lowest BCUT2D eigenvalue weighted by molar-refractivity contribution is 0.260. The summed E-state index contributed by atoms with van der Waals surface area (Å²) in [7, 11) is 0. The van der Waals surface area contributed by atoms with Crippen LogP contribution in [-0.2, 0) is 0 Å². The average Bonchev–Trinajstić information content (AvgIpc) is 2.42. The molecule has 2 amide bonds. The topological polar surface area (TPSA) is 52.6 Å². The summed E-state index contributed by atoms with van der Waals surface area (Å²) < 4.78 is 1.94. The quantitative estimate of drug-likeness (QED) is 0.449. The summed E-state index contributed by atoms with van der Waals surface area (Å²) in [5.74, 6) is 0.0347. The predicted molar refractivity (Wildman–Crippen MR) is 100 cm³/mol. The third kappa shape index (κ3) is 4.23. The van der Waals surface area contributed by atoms with E-state index >= 15 is 0 Å². The molecule has 22 heavy (non-hydrogen) atoms. The second kappa shape index (κ2) is 7.31. The molecule has 0 fully saturated rings. The Morgan fingerprint density at radius 1 is 1.09 bits per heavy atom. The van der Waals surface area contributed by atoms with E-state index < -0.39 is 6.03 Å². The van der Waals surface area contributed by atoms with Gasteiger partial charge in [-0.2, -0.15) is 0 Å². The van der Waals surface area contributed by atoms with Crippen molar-refractivity contribution < 1.29 is 9.90 Å². The summed E-state index contributed by atoms with van der Waals surface area (Å²) in [5, 5.41) is 13.1. The fraction of sp³-hybridized carbons (Fsp3) is 0. The molecule has 0 spiro atoms. The van der Waals surface area contributed by atoms with Crippen LogP contribution in [0.2, 0.25) is 10.0 Å². The summed E-state index contributed by atoms with van der Waals surface area (Å²) in [5.41, 5.74) is 0.893. The number of anilines is 2. The fourth-order valence-corrected chi connectivity index (χ4v) is 3.45. The molecule has 9 heteroatoms. The van der Waals surface area contributed by atoms with Crippen LogP contribution >= 0.6 is 67.9 Å². The summed E-state index contributed by atoms with van der Waals surface area (Å²) in [6.07, 6.45) is 0. The Balaban J connectivity index is 2.22. The van der Waals surface area contributed by atoms with Gasteiger partial charge in [0.1, 0.15) is 5.75 Å². The number of carbonyl (C=O) groups excluding carboxylic acids is 1. The van der Waals surface area contributed by atoms with E-state index in [-0.39, 0.29) is 5.75 Å². The number of amides is 2. The average molecular weight is 487 g/mol. The van der Waals surface area contributed by atoms with Crippen molar-refractivity contribution in [3.05, 3.63) is 49.3 Å². The first-order valence-corrected chi connectivity index (χ1v) is 8.46. The standard InChI is InChI=1S/C13H8Br2Cl2N2O2S/c14-10-4-9(5-11(15)12(10)20)19(22)13(21)18-8-2-6(16)1-7(17)3-8/h1-5,20,22H,(H,18,21). The van der Waals surface area contributed by atoms with Crippen molar-refractivity contribution >= 4 is 85.3 Å². The molecule has 0 radical (unpaired) electrons. The Hall–Kier alpha value is -0.600. The molecule has 0 aliphatic rings. The van der Waals surface area contributed by atoms with Crippen molar-refractivity contribution in [1.82, 2.24) is 0 Å². The summed E-state index contributed by atoms with van der Waals surface area (Å²) in [4.78, 5) is 12.2. The molecular formula is C13H8Br2Cl2N2O2S. The number of halogens is 4. The van der Waals surface area contributed by atoms with Gasteiger partial charge in [-0.3, -0.25) is 0 Å². The largest absolute Gasteiger partial charge is 0.506 e. The van der Waals surface area contributed by atoms with Gasteiger partial charge in [-0.1, -0.05) is 36.0 Å². The van der Waals surface area contributed by atoms with Crippen LogP contribution in [0.5, 0.6) is 5.75 Å². The van der Waals surface area contributed by atoms with Crippen LogP contribution < -0.4 is 9.62 Å². The highest BCUT2D eigenvalue weighted by Gasteiger charge is 2.16. The molecule has 0 atom stereocenters. The number of hydrogen-bond donors (Lipinski definition) is 3. The predicted octanol–water partition coefficient (Wildman–Crippen LogP) is 6.11. The SMILES string of the molecule is O=C(Nc1cc(Cl)cc(Cl)c1)N(S)c1cc(Br)c(O)c(Br)c1. The smallest absolute Gasteiger partial charge is 0.336 e. The number of rotatable bonds is 2. The first-order valence-electron chi connectivity index (χ1n) is 5.72. The van der Waals surface area contributed by atoms with Crippen LogP contribution in [-0.4, -0.2) is 11.1 Å². The minimum atomic E-state index is -0.508. The van der Waals surface area contributed by atoms with Gasteiger partial charge in [0.2, 0.25) is 0 Å². The molecule has 0 unspecified atom stereocenters. The van der Waals surface area contributed by atoms with Gasteiger partial charge < -0.3 is 10.4 Å². The number of benzene rings is 2. The molecule has 4 nitrogen and oxygen atoms in total. The zero-order chi connectivity index (χ0) is 16.4. The Morgan fingerprint density at radius 3 is 2.09 bits per heavy atom. The Kier molecular flexibility index (Phi) is 5.90. The van der Waals surface area contributed by atoms with E-state index in [1.807, 2.05) is 0 Å². The van der Waals surface area contributed by atoms with E-state index in [2.05, 4.69) is 50.0 Å². The van der Waals surface area contributed by atoms with Gasteiger partial charge in [-0.25, -0.2) is 9.10 Å². The summed E-state index contributed by atoms with van der Waals surface area (Å²) in [6, 6.07) is 7.29. The van der Waals surface area contributed by atoms with Gasteiger partial charge in [-0.15, -0.1) is 0 Å². The van der Waals surface area contributed by atoms with Gasteiger partial charge in [0, 0.05) is 15.7 Å². The minimum absolute atomic E-state index is 0.0347. The van der Waals surface area contributed by atoms with Gasteiger partial charge in [0.15, 0.2) is 0 Å². The summed E-state index contributed by atoms with van der Waals surface area (Å²) >= 11 is 22.3. The third-order valence-electron chi connectivity index (χ3n) is 2.55. The molecule has 0 bridgehead atoms. The maximum Gasteiger partial charge on any atom is 0.336 e. The molecule has 0 aliphatic heterocycles. The Bertz CT molecular complexity index is 703. The monoisotopic (exact) mass is 484 g/mol. The normalized spacial score (nSPS) is 10.4. The Morgan fingerprint density at radius 2 is 1.59 bits per heavy atom. The van der Waals surface area contributed by atoms with Crippen molar-refractivity contribution in [2.45, 2.75) is 0 Å². The highest BCUT2D eigenvalue weighted by atomic mass is 79.9. The Labute approximate surface area is 159 Å². The lowest BCUT2D eigenvalue weighted by Crippen LogP contribution is -2.26. The zero-order valence-corrected chi connectivity index (χ0v) is 16.2. The highest BCUT2D eigenvalue weighted by molar-refractivity contribution is 9.11. The van der Waals surface area contributed by atoms with Crippen LogP contribution in [0.3, 0.4) is 0 Å². The molecule has 2 aromatic carbocycles. The maximum absolute atomic E-state index is 12.2. The second-order valence-corrected chi connectivity index (χ2v) is 7.14. The van der Waals surface area contributed by atoms with E-state index in [0.29, 0.717) is 30.4 Å². The molecule has 2 aromatic rings. The van der Waals surface area contributed by atoms with Crippen LogP contribution in [0.15, 0.2) is 39.3 Å². The number of aromatic hydroxyl groups is 1.